The Balaban J connectivity index is 1.53. The van der Waals surface area contributed by atoms with Crippen LogP contribution < -0.4 is 15.1 Å². The van der Waals surface area contributed by atoms with Gasteiger partial charge >= 0.3 is 0 Å². The number of hydrogen-bond donors (Lipinski definition) is 1. The highest BCUT2D eigenvalue weighted by Crippen LogP contribution is 2.39. The lowest BCUT2D eigenvalue weighted by Gasteiger charge is -2.17. The molecule has 160 valence electrons. The zero-order chi connectivity index (χ0) is 22.1. The number of hydrogen-bond acceptors (Lipinski definition) is 7. The summed E-state index contributed by atoms with van der Waals surface area (Å²) in [6, 6.07) is 9.76. The van der Waals surface area contributed by atoms with Crippen LogP contribution in [0.4, 0.5) is 5.00 Å². The Bertz CT molecular complexity index is 1160. The molecular formula is C22H22N4O3S2. The van der Waals surface area contributed by atoms with Crippen molar-refractivity contribution in [1.29, 1.82) is 5.26 Å². The van der Waals surface area contributed by atoms with Gasteiger partial charge in [0, 0.05) is 17.0 Å². The summed E-state index contributed by atoms with van der Waals surface area (Å²) in [7, 11) is 0. The van der Waals surface area contributed by atoms with Gasteiger partial charge in [0.2, 0.25) is 11.6 Å². The van der Waals surface area contributed by atoms with Crippen molar-refractivity contribution in [3.63, 3.8) is 0 Å². The molecule has 1 N–H and O–H groups in total. The summed E-state index contributed by atoms with van der Waals surface area (Å²) >= 11 is 2.57. The van der Waals surface area contributed by atoms with Crippen LogP contribution in [0.2, 0.25) is 0 Å². The average Bonchev–Trinajstić information content (AvgIpc) is 3.27. The van der Waals surface area contributed by atoms with Gasteiger partial charge in [-0.1, -0.05) is 24.6 Å². The van der Waals surface area contributed by atoms with Crippen LogP contribution >= 0.6 is 23.1 Å². The van der Waals surface area contributed by atoms with Crippen molar-refractivity contribution in [1.82, 2.24) is 5.27 Å². The molecular weight excluding hydrogens is 432 g/mol. The van der Waals surface area contributed by atoms with Crippen LogP contribution in [0.1, 0.15) is 41.8 Å². The fraction of sp³-hybridized carbons (Fsp3) is 0.364. The lowest BCUT2D eigenvalue weighted by atomic mass is 9.89. The van der Waals surface area contributed by atoms with Gasteiger partial charge in [-0.25, -0.2) is 0 Å². The smallest absolute Gasteiger partial charge is 0.298 e. The molecule has 0 radical (unpaired) electrons. The number of anilines is 1. The number of thioether (sulfide) groups is 1. The molecule has 1 aliphatic carbocycles. The van der Waals surface area contributed by atoms with Crippen molar-refractivity contribution < 1.29 is 19.1 Å². The first-order valence-corrected chi connectivity index (χ1v) is 11.7. The zero-order valence-electron chi connectivity index (χ0n) is 17.5. The molecule has 3 aromatic rings. The number of aryl methyl sites for hydroxylation is 1. The van der Waals surface area contributed by atoms with Crippen LogP contribution in [0.25, 0.3) is 5.69 Å². The van der Waals surface area contributed by atoms with Crippen LogP contribution in [0.15, 0.2) is 33.8 Å². The third-order valence-electron chi connectivity index (χ3n) is 5.37. The van der Waals surface area contributed by atoms with Crippen molar-refractivity contribution in [2.75, 3.05) is 5.32 Å². The van der Waals surface area contributed by atoms with Gasteiger partial charge < -0.3 is 14.9 Å². The van der Waals surface area contributed by atoms with Crippen LogP contribution in [0.3, 0.4) is 0 Å². The molecule has 31 heavy (non-hydrogen) atoms. The Morgan fingerprint density at radius 1 is 1.45 bits per heavy atom. The summed E-state index contributed by atoms with van der Waals surface area (Å²) in [4.78, 5) is 14.1. The van der Waals surface area contributed by atoms with Gasteiger partial charge in [0.05, 0.1) is 16.1 Å². The van der Waals surface area contributed by atoms with E-state index in [4.69, 9.17) is 4.52 Å². The topological polar surface area (TPSA) is 106 Å². The van der Waals surface area contributed by atoms with E-state index in [-0.39, 0.29) is 10.9 Å². The zero-order valence-corrected chi connectivity index (χ0v) is 19.1. The molecule has 1 amide bonds. The van der Waals surface area contributed by atoms with E-state index < -0.39 is 11.2 Å². The summed E-state index contributed by atoms with van der Waals surface area (Å²) in [5, 5.41) is 28.8. The summed E-state index contributed by atoms with van der Waals surface area (Å²) in [6.45, 7) is 5.89. The van der Waals surface area contributed by atoms with Crippen LogP contribution in [-0.2, 0) is 17.6 Å². The highest BCUT2D eigenvalue weighted by molar-refractivity contribution is 8.00. The fourth-order valence-electron chi connectivity index (χ4n) is 3.58. The van der Waals surface area contributed by atoms with E-state index in [0.717, 1.165) is 42.2 Å². The Morgan fingerprint density at radius 3 is 2.90 bits per heavy atom. The van der Waals surface area contributed by atoms with Crippen molar-refractivity contribution in [2.45, 2.75) is 50.3 Å². The van der Waals surface area contributed by atoms with E-state index in [0.29, 0.717) is 22.2 Å². The van der Waals surface area contributed by atoms with Crippen molar-refractivity contribution in [3.8, 4) is 17.7 Å². The first-order valence-electron chi connectivity index (χ1n) is 10.1. The van der Waals surface area contributed by atoms with E-state index in [1.807, 2.05) is 31.2 Å². The number of rotatable bonds is 5. The predicted molar refractivity (Wildman–Crippen MR) is 116 cm³/mol. The summed E-state index contributed by atoms with van der Waals surface area (Å²) in [5.41, 5.74) is 3.40. The quantitative estimate of drug-likeness (QED) is 0.467. The Morgan fingerprint density at radius 2 is 2.19 bits per heavy atom. The molecule has 0 spiro atoms. The molecule has 1 aromatic carbocycles. The molecule has 0 fully saturated rings. The molecule has 0 aliphatic heterocycles. The van der Waals surface area contributed by atoms with Gasteiger partial charge in [0.1, 0.15) is 11.1 Å². The van der Waals surface area contributed by atoms with Crippen LogP contribution in [0, 0.1) is 24.2 Å². The molecule has 4 rings (SSSR count). The highest BCUT2D eigenvalue weighted by Gasteiger charge is 2.29. The fourth-order valence-corrected chi connectivity index (χ4v) is 5.82. The Kier molecular flexibility index (Phi) is 6.03. The highest BCUT2D eigenvalue weighted by atomic mass is 32.2. The third-order valence-corrected chi connectivity index (χ3v) is 7.67. The molecule has 0 bridgehead atoms. The molecule has 7 nitrogen and oxygen atoms in total. The number of nitrogens with zero attached hydrogens (tertiary/aromatic N) is 3. The van der Waals surface area contributed by atoms with Crippen LogP contribution in [-0.4, -0.2) is 16.4 Å². The lowest BCUT2D eigenvalue weighted by Crippen LogP contribution is -2.36. The van der Waals surface area contributed by atoms with Crippen molar-refractivity contribution >= 4 is 34.0 Å². The average molecular weight is 455 g/mol. The summed E-state index contributed by atoms with van der Waals surface area (Å²) in [5.74, 6) is -0.287. The van der Waals surface area contributed by atoms with Crippen molar-refractivity contribution in [2.24, 2.45) is 5.92 Å². The summed E-state index contributed by atoms with van der Waals surface area (Å²) < 4.78 is 6.25. The Hall–Kier alpha value is -2.83. The van der Waals surface area contributed by atoms with Gasteiger partial charge in [-0.05, 0) is 61.0 Å². The number of fused-ring (bicyclic) bond motifs is 1. The van der Waals surface area contributed by atoms with Crippen LogP contribution in [0.5, 0.6) is 5.95 Å². The summed E-state index contributed by atoms with van der Waals surface area (Å²) in [6.07, 6.45) is 2.86. The minimum Gasteiger partial charge on any atom is -0.538 e. The molecule has 0 saturated carbocycles. The van der Waals surface area contributed by atoms with Gasteiger partial charge in [-0.2, -0.15) is 5.26 Å². The molecule has 1 aliphatic rings. The molecule has 2 heterocycles. The molecule has 2 atom stereocenters. The van der Waals surface area contributed by atoms with Gasteiger partial charge in [-0.3, -0.25) is 4.79 Å². The van der Waals surface area contributed by atoms with Gasteiger partial charge in [0.25, 0.3) is 5.03 Å². The van der Waals surface area contributed by atoms with E-state index in [2.05, 4.69) is 23.6 Å². The van der Waals surface area contributed by atoms with E-state index in [1.54, 1.807) is 6.92 Å². The van der Waals surface area contributed by atoms with E-state index >= 15 is 0 Å². The van der Waals surface area contributed by atoms with Gasteiger partial charge in [0.15, 0.2) is 5.95 Å². The third kappa shape index (κ3) is 4.31. The molecule has 9 heteroatoms. The second-order valence-corrected chi connectivity index (χ2v) is 10.3. The Labute approximate surface area is 188 Å². The number of thiophene rings is 1. The number of aromatic nitrogens is 2. The number of carbonyl (C=O) groups is 1. The maximum atomic E-state index is 12.9. The normalized spacial score (nSPS) is 16.4. The number of carbonyl (C=O) groups excluding carboxylic acids is 1. The molecule has 0 saturated heterocycles. The monoisotopic (exact) mass is 454 g/mol. The SMILES string of the molecule is Cc1ccc(-[n+]2noc([O-])c2SC(C)C(=O)Nc2sc3c(c2C#N)CCC(C)C3)cc1. The van der Waals surface area contributed by atoms with E-state index in [9.17, 15) is 15.2 Å². The first kappa shape index (κ1) is 21.4. The maximum Gasteiger partial charge on any atom is 0.298 e. The second kappa shape index (κ2) is 8.73. The van der Waals surface area contributed by atoms with Gasteiger partial charge in [-0.15, -0.1) is 11.3 Å². The molecule has 2 unspecified atom stereocenters. The predicted octanol–water partition coefficient (Wildman–Crippen LogP) is 3.51. The number of benzene rings is 1. The van der Waals surface area contributed by atoms with E-state index in [1.165, 1.54) is 20.9 Å². The number of amides is 1. The largest absolute Gasteiger partial charge is 0.538 e. The first-order chi connectivity index (χ1) is 14.9. The number of nitriles is 1. The number of nitrogens with one attached hydrogen (secondary N) is 1. The standard InChI is InChI=1S/C22H22N4O3S2/c1-12-4-7-15(8-5-12)26-21(22(28)29-25-26)30-14(3)19(27)24-20-17(11-23)16-9-6-13(2)10-18(16)31-20/h4-5,7-8,13-14H,6,9-10H2,1-3H3,(H-,24,25,27,28). The second-order valence-electron chi connectivity index (χ2n) is 7.83. The lowest BCUT2D eigenvalue weighted by molar-refractivity contribution is -0.705. The molecule has 2 aromatic heterocycles. The maximum absolute atomic E-state index is 12.9. The minimum atomic E-state index is -0.594. The van der Waals surface area contributed by atoms with Crippen molar-refractivity contribution in [3.05, 3.63) is 45.8 Å². The minimum absolute atomic E-state index is 0.228.